The van der Waals surface area contributed by atoms with Crippen LogP contribution in [0.3, 0.4) is 0 Å². The molecule has 0 aliphatic rings. The molecule has 0 saturated carbocycles. The average molecular weight is 178 g/mol. The largest absolute Gasteiger partial charge is 0.330 e. The van der Waals surface area contributed by atoms with Crippen molar-refractivity contribution in [1.29, 1.82) is 0 Å². The Morgan fingerprint density at radius 1 is 1.31 bits per heavy atom. The first-order chi connectivity index (χ1) is 6.36. The van der Waals surface area contributed by atoms with Gasteiger partial charge in [-0.2, -0.15) is 0 Å². The lowest BCUT2D eigenvalue weighted by molar-refractivity contribution is 0.506. The number of rotatable bonds is 5. The standard InChI is InChI=1S/C11H18N2/c1-13-9-11(8-12)7-10-5-3-2-4-6-10/h2-6,11,13H,7-9,12H2,1H3. The van der Waals surface area contributed by atoms with Crippen molar-refractivity contribution >= 4 is 0 Å². The van der Waals surface area contributed by atoms with E-state index in [1.54, 1.807) is 0 Å². The van der Waals surface area contributed by atoms with Crippen LogP contribution in [-0.4, -0.2) is 20.1 Å². The lowest BCUT2D eigenvalue weighted by atomic mass is 9.99. The van der Waals surface area contributed by atoms with Gasteiger partial charge in [0.15, 0.2) is 0 Å². The minimum atomic E-state index is 0.549. The molecule has 2 nitrogen and oxygen atoms in total. The summed E-state index contributed by atoms with van der Waals surface area (Å²) in [6.07, 6.45) is 1.07. The first-order valence-corrected chi connectivity index (χ1v) is 4.75. The second-order valence-electron chi connectivity index (χ2n) is 3.35. The monoisotopic (exact) mass is 178 g/mol. The first kappa shape index (κ1) is 10.2. The molecule has 1 rings (SSSR count). The number of hydrogen-bond donors (Lipinski definition) is 2. The molecule has 0 amide bonds. The van der Waals surface area contributed by atoms with Gasteiger partial charge in [0.05, 0.1) is 0 Å². The highest BCUT2D eigenvalue weighted by atomic mass is 14.8. The van der Waals surface area contributed by atoms with Crippen LogP contribution in [-0.2, 0) is 6.42 Å². The second-order valence-corrected chi connectivity index (χ2v) is 3.35. The highest BCUT2D eigenvalue weighted by Gasteiger charge is 2.05. The van der Waals surface area contributed by atoms with Gasteiger partial charge in [-0.05, 0) is 38.0 Å². The van der Waals surface area contributed by atoms with Crippen molar-refractivity contribution in [2.45, 2.75) is 6.42 Å². The molecule has 0 radical (unpaired) electrons. The van der Waals surface area contributed by atoms with Crippen LogP contribution in [0, 0.1) is 5.92 Å². The molecule has 0 aliphatic carbocycles. The van der Waals surface area contributed by atoms with E-state index in [9.17, 15) is 0 Å². The van der Waals surface area contributed by atoms with Gasteiger partial charge in [-0.25, -0.2) is 0 Å². The molecule has 0 bridgehead atoms. The van der Waals surface area contributed by atoms with Gasteiger partial charge >= 0.3 is 0 Å². The predicted molar refractivity (Wildman–Crippen MR) is 56.6 cm³/mol. The molecule has 0 fully saturated rings. The number of hydrogen-bond acceptors (Lipinski definition) is 2. The van der Waals surface area contributed by atoms with E-state index in [4.69, 9.17) is 5.73 Å². The third-order valence-corrected chi connectivity index (χ3v) is 2.19. The van der Waals surface area contributed by atoms with Crippen LogP contribution in [0.5, 0.6) is 0 Å². The third kappa shape index (κ3) is 3.57. The van der Waals surface area contributed by atoms with Gasteiger partial charge in [0.2, 0.25) is 0 Å². The summed E-state index contributed by atoms with van der Waals surface area (Å²) < 4.78 is 0. The van der Waals surface area contributed by atoms with Crippen LogP contribution in [0.4, 0.5) is 0 Å². The highest BCUT2D eigenvalue weighted by molar-refractivity contribution is 5.15. The molecule has 0 heterocycles. The molecule has 2 heteroatoms. The molecule has 13 heavy (non-hydrogen) atoms. The van der Waals surface area contributed by atoms with Crippen LogP contribution < -0.4 is 11.1 Å². The van der Waals surface area contributed by atoms with Gasteiger partial charge in [0, 0.05) is 0 Å². The van der Waals surface area contributed by atoms with E-state index >= 15 is 0 Å². The van der Waals surface area contributed by atoms with E-state index in [2.05, 4.69) is 29.6 Å². The SMILES string of the molecule is CNCC(CN)Cc1ccccc1. The molecule has 1 aromatic carbocycles. The number of nitrogens with two attached hydrogens (primary N) is 1. The summed E-state index contributed by atoms with van der Waals surface area (Å²) in [4.78, 5) is 0. The lowest BCUT2D eigenvalue weighted by Gasteiger charge is -2.13. The maximum Gasteiger partial charge on any atom is -0.000827 e. The topological polar surface area (TPSA) is 38.0 Å². The van der Waals surface area contributed by atoms with Crippen LogP contribution in [0.25, 0.3) is 0 Å². The van der Waals surface area contributed by atoms with Crippen molar-refractivity contribution < 1.29 is 0 Å². The van der Waals surface area contributed by atoms with Crippen molar-refractivity contribution in [3.63, 3.8) is 0 Å². The van der Waals surface area contributed by atoms with Crippen molar-refractivity contribution in [2.24, 2.45) is 11.7 Å². The van der Waals surface area contributed by atoms with E-state index in [1.165, 1.54) is 5.56 Å². The zero-order chi connectivity index (χ0) is 9.52. The van der Waals surface area contributed by atoms with Crippen molar-refractivity contribution in [2.75, 3.05) is 20.1 Å². The number of nitrogens with one attached hydrogen (secondary N) is 1. The van der Waals surface area contributed by atoms with E-state index in [-0.39, 0.29) is 0 Å². The zero-order valence-electron chi connectivity index (χ0n) is 8.16. The molecular weight excluding hydrogens is 160 g/mol. The Bertz CT molecular complexity index is 221. The van der Waals surface area contributed by atoms with Gasteiger partial charge in [0.25, 0.3) is 0 Å². The van der Waals surface area contributed by atoms with Crippen molar-refractivity contribution in [3.8, 4) is 0 Å². The van der Waals surface area contributed by atoms with Gasteiger partial charge < -0.3 is 11.1 Å². The van der Waals surface area contributed by atoms with Gasteiger partial charge in [-0.3, -0.25) is 0 Å². The Morgan fingerprint density at radius 2 is 2.00 bits per heavy atom. The van der Waals surface area contributed by atoms with Crippen molar-refractivity contribution in [3.05, 3.63) is 35.9 Å². The average Bonchev–Trinajstić information content (AvgIpc) is 2.19. The van der Waals surface area contributed by atoms with E-state index in [0.29, 0.717) is 5.92 Å². The Kier molecular flexibility index (Phi) is 4.50. The molecule has 3 N–H and O–H groups in total. The van der Waals surface area contributed by atoms with Crippen LogP contribution in [0.15, 0.2) is 30.3 Å². The Hall–Kier alpha value is -0.860. The normalized spacial score (nSPS) is 12.8. The minimum absolute atomic E-state index is 0.549. The van der Waals surface area contributed by atoms with Gasteiger partial charge in [0.1, 0.15) is 0 Å². The molecule has 72 valence electrons. The summed E-state index contributed by atoms with van der Waals surface area (Å²) in [5, 5.41) is 3.16. The van der Waals surface area contributed by atoms with E-state index < -0.39 is 0 Å². The fourth-order valence-electron chi connectivity index (χ4n) is 1.47. The zero-order valence-corrected chi connectivity index (χ0v) is 8.16. The first-order valence-electron chi connectivity index (χ1n) is 4.75. The van der Waals surface area contributed by atoms with Gasteiger partial charge in [-0.1, -0.05) is 30.3 Å². The summed E-state index contributed by atoms with van der Waals surface area (Å²) in [5.74, 6) is 0.549. The molecule has 0 saturated heterocycles. The lowest BCUT2D eigenvalue weighted by Crippen LogP contribution is -2.27. The van der Waals surface area contributed by atoms with E-state index in [1.807, 2.05) is 13.1 Å². The molecule has 0 spiro atoms. The molecule has 1 atom stereocenters. The summed E-state index contributed by atoms with van der Waals surface area (Å²) in [6, 6.07) is 10.5. The summed E-state index contributed by atoms with van der Waals surface area (Å²) >= 11 is 0. The summed E-state index contributed by atoms with van der Waals surface area (Å²) in [5.41, 5.74) is 7.04. The highest BCUT2D eigenvalue weighted by Crippen LogP contribution is 2.06. The van der Waals surface area contributed by atoms with Gasteiger partial charge in [-0.15, -0.1) is 0 Å². The maximum absolute atomic E-state index is 5.67. The predicted octanol–water partition coefficient (Wildman–Crippen LogP) is 1.02. The molecule has 0 aromatic heterocycles. The quantitative estimate of drug-likeness (QED) is 0.706. The minimum Gasteiger partial charge on any atom is -0.330 e. The van der Waals surface area contributed by atoms with Crippen LogP contribution in [0.2, 0.25) is 0 Å². The van der Waals surface area contributed by atoms with E-state index in [0.717, 1.165) is 19.5 Å². The maximum atomic E-state index is 5.67. The molecule has 1 unspecified atom stereocenters. The molecule has 0 aliphatic heterocycles. The van der Waals surface area contributed by atoms with Crippen molar-refractivity contribution in [1.82, 2.24) is 5.32 Å². The van der Waals surface area contributed by atoms with Crippen LogP contribution in [0.1, 0.15) is 5.56 Å². The molecular formula is C11H18N2. The number of benzene rings is 1. The fourth-order valence-corrected chi connectivity index (χ4v) is 1.47. The molecule has 1 aromatic rings. The second kappa shape index (κ2) is 5.73. The summed E-state index contributed by atoms with van der Waals surface area (Å²) in [6.45, 7) is 1.74. The Balaban J connectivity index is 2.46. The summed E-state index contributed by atoms with van der Waals surface area (Å²) in [7, 11) is 1.97. The Labute approximate surface area is 80.1 Å². The smallest absolute Gasteiger partial charge is 0.000827 e. The third-order valence-electron chi connectivity index (χ3n) is 2.19. The fraction of sp³-hybridized carbons (Fsp3) is 0.455. The Morgan fingerprint density at radius 3 is 2.54 bits per heavy atom. The van der Waals surface area contributed by atoms with Crippen LogP contribution >= 0.6 is 0 Å².